The molecule has 1 aromatic rings. The van der Waals surface area contributed by atoms with Gasteiger partial charge in [-0.2, -0.15) is 0 Å². The molecule has 0 aliphatic carbocycles. The fraction of sp³-hybridized carbons (Fsp3) is 0.500. The lowest BCUT2D eigenvalue weighted by molar-refractivity contribution is -0.118. The van der Waals surface area contributed by atoms with Gasteiger partial charge in [0.15, 0.2) is 0 Å². The molecule has 0 bridgehead atoms. The number of carbonyl (C=O) groups excluding carboxylic acids is 1. The SMILES string of the molecule is Cc1ccc(CNC(=O)CSC(C)CCO)cc1F. The molecule has 1 aromatic carbocycles. The number of benzene rings is 1. The van der Waals surface area contributed by atoms with Crippen molar-refractivity contribution in [2.24, 2.45) is 0 Å². The van der Waals surface area contributed by atoms with Crippen LogP contribution in [0, 0.1) is 12.7 Å². The third-order valence-corrected chi connectivity index (χ3v) is 3.99. The highest BCUT2D eigenvalue weighted by Gasteiger charge is 2.07. The topological polar surface area (TPSA) is 49.3 Å². The van der Waals surface area contributed by atoms with Crippen LogP contribution in [0.1, 0.15) is 24.5 Å². The Morgan fingerprint density at radius 3 is 2.89 bits per heavy atom. The standard InChI is InChI=1S/C14H20FNO2S/c1-10-3-4-12(7-13(10)15)8-16-14(18)9-19-11(2)5-6-17/h3-4,7,11,17H,5-6,8-9H2,1-2H3,(H,16,18). The number of halogens is 1. The predicted octanol–water partition coefficient (Wildman–Crippen LogP) is 2.25. The van der Waals surface area contributed by atoms with Crippen molar-refractivity contribution >= 4 is 17.7 Å². The van der Waals surface area contributed by atoms with Crippen molar-refractivity contribution in [1.29, 1.82) is 0 Å². The van der Waals surface area contributed by atoms with E-state index in [0.29, 0.717) is 24.3 Å². The number of carbonyl (C=O) groups is 1. The van der Waals surface area contributed by atoms with Crippen LogP contribution < -0.4 is 5.32 Å². The Kier molecular flexibility index (Phi) is 6.87. The monoisotopic (exact) mass is 285 g/mol. The van der Waals surface area contributed by atoms with E-state index in [1.54, 1.807) is 19.1 Å². The van der Waals surface area contributed by atoms with Crippen molar-refractivity contribution in [3.63, 3.8) is 0 Å². The first-order valence-corrected chi connectivity index (χ1v) is 7.32. The summed E-state index contributed by atoms with van der Waals surface area (Å²) in [6.45, 7) is 4.16. The molecular formula is C14H20FNO2S. The zero-order chi connectivity index (χ0) is 14.3. The largest absolute Gasteiger partial charge is 0.396 e. The van der Waals surface area contributed by atoms with Gasteiger partial charge in [-0.25, -0.2) is 4.39 Å². The summed E-state index contributed by atoms with van der Waals surface area (Å²) in [5.41, 5.74) is 1.35. The molecule has 0 aromatic heterocycles. The van der Waals surface area contributed by atoms with Crippen LogP contribution >= 0.6 is 11.8 Å². The summed E-state index contributed by atoms with van der Waals surface area (Å²) >= 11 is 1.50. The van der Waals surface area contributed by atoms with Gasteiger partial charge in [0.25, 0.3) is 0 Å². The van der Waals surface area contributed by atoms with E-state index in [1.807, 2.05) is 6.92 Å². The van der Waals surface area contributed by atoms with E-state index in [4.69, 9.17) is 5.11 Å². The third-order valence-electron chi connectivity index (χ3n) is 2.76. The van der Waals surface area contributed by atoms with Crippen LogP contribution in [0.5, 0.6) is 0 Å². The number of rotatable bonds is 7. The Morgan fingerprint density at radius 2 is 2.26 bits per heavy atom. The van der Waals surface area contributed by atoms with Gasteiger partial charge in [-0.3, -0.25) is 4.79 Å². The molecule has 0 saturated heterocycles. The van der Waals surface area contributed by atoms with Gasteiger partial charge in [0, 0.05) is 18.4 Å². The second-order valence-corrected chi connectivity index (χ2v) is 5.92. The number of nitrogens with one attached hydrogen (secondary N) is 1. The highest BCUT2D eigenvalue weighted by Crippen LogP contribution is 2.13. The Bertz CT molecular complexity index is 426. The highest BCUT2D eigenvalue weighted by molar-refractivity contribution is 8.00. The molecule has 0 aliphatic heterocycles. The van der Waals surface area contributed by atoms with E-state index in [2.05, 4.69) is 5.32 Å². The van der Waals surface area contributed by atoms with Crippen LogP contribution in [-0.4, -0.2) is 28.6 Å². The molecule has 0 aliphatic rings. The number of hydrogen-bond donors (Lipinski definition) is 2. The number of aliphatic hydroxyl groups excluding tert-OH is 1. The number of hydrogen-bond acceptors (Lipinski definition) is 3. The molecule has 1 amide bonds. The summed E-state index contributed by atoms with van der Waals surface area (Å²) in [6, 6.07) is 4.95. The highest BCUT2D eigenvalue weighted by atomic mass is 32.2. The summed E-state index contributed by atoms with van der Waals surface area (Å²) in [4.78, 5) is 11.6. The summed E-state index contributed by atoms with van der Waals surface area (Å²) in [5, 5.41) is 11.8. The Hall–Kier alpha value is -1.07. The molecule has 0 radical (unpaired) electrons. The van der Waals surface area contributed by atoms with Gasteiger partial charge in [0.05, 0.1) is 5.75 Å². The minimum Gasteiger partial charge on any atom is -0.396 e. The summed E-state index contributed by atoms with van der Waals surface area (Å²) < 4.78 is 13.3. The molecule has 5 heteroatoms. The number of aliphatic hydroxyl groups is 1. The van der Waals surface area contributed by atoms with Crippen LogP contribution in [0.15, 0.2) is 18.2 Å². The quantitative estimate of drug-likeness (QED) is 0.808. The lowest BCUT2D eigenvalue weighted by atomic mass is 10.1. The van der Waals surface area contributed by atoms with E-state index >= 15 is 0 Å². The van der Waals surface area contributed by atoms with Crippen LogP contribution in [0.2, 0.25) is 0 Å². The molecule has 0 saturated carbocycles. The Morgan fingerprint density at radius 1 is 1.53 bits per heavy atom. The van der Waals surface area contributed by atoms with Gasteiger partial charge in [0.2, 0.25) is 5.91 Å². The van der Waals surface area contributed by atoms with E-state index in [-0.39, 0.29) is 23.6 Å². The molecule has 0 heterocycles. The van der Waals surface area contributed by atoms with Crippen LogP contribution in [-0.2, 0) is 11.3 Å². The lowest BCUT2D eigenvalue weighted by Gasteiger charge is -2.10. The van der Waals surface area contributed by atoms with Gasteiger partial charge < -0.3 is 10.4 Å². The fourth-order valence-corrected chi connectivity index (χ4v) is 2.29. The molecule has 0 fully saturated rings. The first-order valence-electron chi connectivity index (χ1n) is 6.27. The van der Waals surface area contributed by atoms with Gasteiger partial charge in [-0.15, -0.1) is 11.8 Å². The van der Waals surface area contributed by atoms with E-state index in [1.165, 1.54) is 17.8 Å². The number of amides is 1. The molecule has 19 heavy (non-hydrogen) atoms. The molecule has 1 rings (SSSR count). The summed E-state index contributed by atoms with van der Waals surface area (Å²) in [6.07, 6.45) is 0.682. The third kappa shape index (κ3) is 6.07. The molecular weight excluding hydrogens is 265 g/mol. The van der Waals surface area contributed by atoms with Crippen molar-refractivity contribution in [3.8, 4) is 0 Å². The molecule has 0 spiro atoms. The van der Waals surface area contributed by atoms with Crippen molar-refractivity contribution in [1.82, 2.24) is 5.32 Å². The second kappa shape index (κ2) is 8.17. The minimum atomic E-state index is -0.252. The van der Waals surface area contributed by atoms with Gasteiger partial charge in [0.1, 0.15) is 5.82 Å². The Balaban J connectivity index is 2.31. The molecule has 3 nitrogen and oxygen atoms in total. The predicted molar refractivity (Wildman–Crippen MR) is 76.6 cm³/mol. The van der Waals surface area contributed by atoms with E-state index < -0.39 is 0 Å². The maximum absolute atomic E-state index is 13.3. The maximum Gasteiger partial charge on any atom is 0.230 e. The molecule has 106 valence electrons. The first kappa shape index (κ1) is 16.0. The van der Waals surface area contributed by atoms with Crippen LogP contribution in [0.25, 0.3) is 0 Å². The van der Waals surface area contributed by atoms with Crippen molar-refractivity contribution in [3.05, 3.63) is 35.1 Å². The average Bonchev–Trinajstić information content (AvgIpc) is 2.38. The molecule has 1 atom stereocenters. The van der Waals surface area contributed by atoms with Crippen molar-refractivity contribution in [2.75, 3.05) is 12.4 Å². The normalized spacial score (nSPS) is 12.2. The smallest absolute Gasteiger partial charge is 0.230 e. The first-order chi connectivity index (χ1) is 9.02. The minimum absolute atomic E-state index is 0.0734. The van der Waals surface area contributed by atoms with Crippen LogP contribution in [0.3, 0.4) is 0 Å². The Labute approximate surface area is 117 Å². The second-order valence-electron chi connectivity index (χ2n) is 4.49. The summed E-state index contributed by atoms with van der Waals surface area (Å²) in [7, 11) is 0. The lowest BCUT2D eigenvalue weighted by Crippen LogP contribution is -2.25. The average molecular weight is 285 g/mol. The maximum atomic E-state index is 13.3. The zero-order valence-corrected chi connectivity index (χ0v) is 12.1. The van der Waals surface area contributed by atoms with E-state index in [0.717, 1.165) is 5.56 Å². The van der Waals surface area contributed by atoms with Crippen molar-refractivity contribution in [2.45, 2.75) is 32.1 Å². The van der Waals surface area contributed by atoms with E-state index in [9.17, 15) is 9.18 Å². The molecule has 1 unspecified atom stereocenters. The van der Waals surface area contributed by atoms with Gasteiger partial charge in [-0.1, -0.05) is 19.1 Å². The van der Waals surface area contributed by atoms with Gasteiger partial charge >= 0.3 is 0 Å². The number of aryl methyl sites for hydroxylation is 1. The molecule has 2 N–H and O–H groups in total. The fourth-order valence-electron chi connectivity index (χ4n) is 1.48. The number of thioether (sulfide) groups is 1. The van der Waals surface area contributed by atoms with Crippen molar-refractivity contribution < 1.29 is 14.3 Å². The zero-order valence-electron chi connectivity index (χ0n) is 11.3. The summed E-state index contributed by atoms with van der Waals surface area (Å²) in [5.74, 6) is 0.0312. The van der Waals surface area contributed by atoms with Crippen LogP contribution in [0.4, 0.5) is 4.39 Å². The van der Waals surface area contributed by atoms with Gasteiger partial charge in [-0.05, 0) is 30.5 Å².